The number of nitrogen functional groups attached to an aromatic ring is 1. The van der Waals surface area contributed by atoms with E-state index in [-0.39, 0.29) is 23.7 Å². The zero-order valence-corrected chi connectivity index (χ0v) is 17.4. The van der Waals surface area contributed by atoms with Gasteiger partial charge in [-0.25, -0.2) is 4.79 Å². The van der Waals surface area contributed by atoms with Crippen molar-refractivity contribution >= 4 is 11.6 Å². The number of H-pyrrole nitrogens is 1. The van der Waals surface area contributed by atoms with E-state index >= 15 is 0 Å². The number of aromatic nitrogens is 2. The van der Waals surface area contributed by atoms with Gasteiger partial charge in [-0.3, -0.25) is 24.0 Å². The molecule has 0 bridgehead atoms. The van der Waals surface area contributed by atoms with Crippen molar-refractivity contribution in [3.8, 4) is 0 Å². The maximum atomic E-state index is 13.0. The van der Waals surface area contributed by atoms with Crippen LogP contribution in [0.1, 0.15) is 67.4 Å². The molecular formula is C22H30N4O3. The van der Waals surface area contributed by atoms with Gasteiger partial charge in [0, 0.05) is 19.1 Å². The first-order valence-electron chi connectivity index (χ1n) is 10.3. The second-order valence-electron chi connectivity index (χ2n) is 8.13. The third-order valence-electron chi connectivity index (χ3n) is 5.41. The molecule has 7 heteroatoms. The summed E-state index contributed by atoms with van der Waals surface area (Å²) in [6.45, 7) is 7.32. The minimum absolute atomic E-state index is 0.0392. The molecule has 0 aliphatic heterocycles. The summed E-state index contributed by atoms with van der Waals surface area (Å²) in [6, 6.07) is 8.77. The van der Waals surface area contributed by atoms with E-state index < -0.39 is 11.2 Å². The summed E-state index contributed by atoms with van der Waals surface area (Å²) in [4.78, 5) is 41.6. The number of ketones is 1. The number of nitrogens with two attached hydrogens (primary N) is 1. The van der Waals surface area contributed by atoms with Crippen LogP contribution in [0.15, 0.2) is 33.9 Å². The van der Waals surface area contributed by atoms with Gasteiger partial charge in [0.05, 0.1) is 6.54 Å². The van der Waals surface area contributed by atoms with E-state index in [2.05, 4.69) is 48.0 Å². The SMILES string of the molecule is CCCn1c(N)c(C(=O)CN(Cc2ccc(C(C)C)cc2)C2CC2)c(=O)[nH]c1=O. The van der Waals surface area contributed by atoms with E-state index in [9.17, 15) is 14.4 Å². The Kier molecular flexibility index (Phi) is 6.37. The number of rotatable bonds is 9. The number of anilines is 1. The van der Waals surface area contributed by atoms with Crippen LogP contribution < -0.4 is 17.0 Å². The van der Waals surface area contributed by atoms with Crippen LogP contribution in [0.25, 0.3) is 0 Å². The monoisotopic (exact) mass is 398 g/mol. The van der Waals surface area contributed by atoms with Gasteiger partial charge in [0.15, 0.2) is 5.78 Å². The van der Waals surface area contributed by atoms with Crippen LogP contribution in [0.3, 0.4) is 0 Å². The highest BCUT2D eigenvalue weighted by Crippen LogP contribution is 2.29. The molecule has 0 radical (unpaired) electrons. The molecule has 0 spiro atoms. The van der Waals surface area contributed by atoms with Crippen LogP contribution in [0.5, 0.6) is 0 Å². The lowest BCUT2D eigenvalue weighted by Crippen LogP contribution is -2.39. The summed E-state index contributed by atoms with van der Waals surface area (Å²) < 4.78 is 1.26. The van der Waals surface area contributed by atoms with Crippen LogP contribution in [0.2, 0.25) is 0 Å². The predicted molar refractivity (Wildman–Crippen MR) is 114 cm³/mol. The number of benzene rings is 1. The van der Waals surface area contributed by atoms with E-state index in [1.807, 2.05) is 6.92 Å². The Morgan fingerprint density at radius 3 is 2.45 bits per heavy atom. The molecule has 3 rings (SSSR count). The summed E-state index contributed by atoms with van der Waals surface area (Å²) in [5, 5.41) is 0. The maximum absolute atomic E-state index is 13.0. The molecule has 1 aliphatic rings. The fraction of sp³-hybridized carbons (Fsp3) is 0.500. The maximum Gasteiger partial charge on any atom is 0.329 e. The summed E-state index contributed by atoms with van der Waals surface area (Å²) in [7, 11) is 0. The van der Waals surface area contributed by atoms with Crippen molar-refractivity contribution in [2.75, 3.05) is 12.3 Å². The molecule has 0 saturated heterocycles. The molecule has 1 aromatic carbocycles. The Labute approximate surface area is 170 Å². The Hall–Kier alpha value is -2.67. The number of carbonyl (C=O) groups excluding carboxylic acids is 1. The predicted octanol–water partition coefficient (Wildman–Crippen LogP) is 2.50. The molecule has 0 atom stereocenters. The number of Topliss-reactive ketones (excluding diaryl/α,β-unsaturated/α-hetero) is 1. The van der Waals surface area contributed by atoms with Crippen molar-refractivity contribution in [3.05, 3.63) is 61.8 Å². The zero-order valence-electron chi connectivity index (χ0n) is 17.4. The molecule has 1 saturated carbocycles. The average molecular weight is 399 g/mol. The molecule has 7 nitrogen and oxygen atoms in total. The normalized spacial score (nSPS) is 14.0. The van der Waals surface area contributed by atoms with Crippen molar-refractivity contribution in [2.24, 2.45) is 0 Å². The van der Waals surface area contributed by atoms with Crippen molar-refractivity contribution in [3.63, 3.8) is 0 Å². The smallest absolute Gasteiger partial charge is 0.329 e. The highest BCUT2D eigenvalue weighted by Gasteiger charge is 2.32. The van der Waals surface area contributed by atoms with Gasteiger partial charge in [-0.15, -0.1) is 0 Å². The third kappa shape index (κ3) is 4.85. The molecule has 0 amide bonds. The standard InChI is InChI=1S/C22H30N4O3/c1-4-11-26-20(23)19(21(28)24-22(26)29)18(27)13-25(17-9-10-17)12-15-5-7-16(8-6-15)14(2)3/h5-8,14,17H,4,9-13,23H2,1-3H3,(H,24,28,29). The lowest BCUT2D eigenvalue weighted by molar-refractivity contribution is 0.0917. The number of aromatic amines is 1. The average Bonchev–Trinajstić information content (AvgIpc) is 3.50. The van der Waals surface area contributed by atoms with Crippen LogP contribution in [-0.2, 0) is 13.1 Å². The molecular weight excluding hydrogens is 368 g/mol. The minimum atomic E-state index is -0.707. The number of carbonyl (C=O) groups is 1. The largest absolute Gasteiger partial charge is 0.384 e. The quantitative estimate of drug-likeness (QED) is 0.632. The summed E-state index contributed by atoms with van der Waals surface area (Å²) in [6.07, 6.45) is 2.75. The van der Waals surface area contributed by atoms with E-state index in [1.54, 1.807) is 0 Å². The molecule has 1 aliphatic carbocycles. The van der Waals surface area contributed by atoms with Gasteiger partial charge in [0.1, 0.15) is 11.4 Å². The fourth-order valence-electron chi connectivity index (χ4n) is 3.56. The lowest BCUT2D eigenvalue weighted by atomic mass is 10.0. The van der Waals surface area contributed by atoms with Crippen molar-refractivity contribution in [2.45, 2.75) is 65.1 Å². The summed E-state index contributed by atoms with van der Waals surface area (Å²) in [5.74, 6) is 0.0839. The lowest BCUT2D eigenvalue weighted by Gasteiger charge is -2.22. The first-order valence-corrected chi connectivity index (χ1v) is 10.3. The highest BCUT2D eigenvalue weighted by atomic mass is 16.2. The Morgan fingerprint density at radius 1 is 1.24 bits per heavy atom. The van der Waals surface area contributed by atoms with Crippen molar-refractivity contribution < 1.29 is 4.79 Å². The molecule has 29 heavy (non-hydrogen) atoms. The summed E-state index contributed by atoms with van der Waals surface area (Å²) >= 11 is 0. The molecule has 2 aromatic rings. The first kappa shape index (κ1) is 21.0. The number of nitrogens with zero attached hydrogens (tertiary/aromatic N) is 2. The highest BCUT2D eigenvalue weighted by molar-refractivity contribution is 6.01. The van der Waals surface area contributed by atoms with Gasteiger partial charge < -0.3 is 5.73 Å². The Morgan fingerprint density at radius 2 is 1.90 bits per heavy atom. The van der Waals surface area contributed by atoms with Crippen LogP contribution in [0.4, 0.5) is 5.82 Å². The second-order valence-corrected chi connectivity index (χ2v) is 8.13. The van der Waals surface area contributed by atoms with Gasteiger partial charge in [0.25, 0.3) is 5.56 Å². The van der Waals surface area contributed by atoms with Gasteiger partial charge in [0.2, 0.25) is 0 Å². The minimum Gasteiger partial charge on any atom is -0.384 e. The van der Waals surface area contributed by atoms with Crippen LogP contribution in [0, 0.1) is 0 Å². The van der Waals surface area contributed by atoms with E-state index in [0.717, 1.165) is 18.4 Å². The van der Waals surface area contributed by atoms with Gasteiger partial charge >= 0.3 is 5.69 Å². The molecule has 3 N–H and O–H groups in total. The Balaban J connectivity index is 1.81. The molecule has 1 fully saturated rings. The van der Waals surface area contributed by atoms with E-state index in [0.29, 0.717) is 31.5 Å². The van der Waals surface area contributed by atoms with Crippen molar-refractivity contribution in [1.29, 1.82) is 0 Å². The number of hydrogen-bond acceptors (Lipinski definition) is 5. The topological polar surface area (TPSA) is 101 Å². The molecule has 0 unspecified atom stereocenters. The van der Waals surface area contributed by atoms with Gasteiger partial charge in [-0.2, -0.15) is 0 Å². The number of nitrogens with one attached hydrogen (secondary N) is 1. The van der Waals surface area contributed by atoms with E-state index in [4.69, 9.17) is 5.73 Å². The second kappa shape index (κ2) is 8.78. The molecule has 1 heterocycles. The van der Waals surface area contributed by atoms with Gasteiger partial charge in [-0.05, 0) is 36.3 Å². The van der Waals surface area contributed by atoms with Crippen molar-refractivity contribution in [1.82, 2.24) is 14.5 Å². The van der Waals surface area contributed by atoms with E-state index in [1.165, 1.54) is 10.1 Å². The fourth-order valence-corrected chi connectivity index (χ4v) is 3.56. The molecule has 1 aromatic heterocycles. The van der Waals surface area contributed by atoms with Crippen LogP contribution >= 0.6 is 0 Å². The first-order chi connectivity index (χ1) is 13.8. The summed E-state index contributed by atoms with van der Waals surface area (Å²) in [5.41, 5.74) is 7.06. The van der Waals surface area contributed by atoms with Crippen LogP contribution in [-0.4, -0.2) is 32.8 Å². The zero-order chi connectivity index (χ0) is 21.1. The Bertz CT molecular complexity index is 985. The number of hydrogen-bond donors (Lipinski definition) is 2. The third-order valence-corrected chi connectivity index (χ3v) is 5.41. The molecule has 156 valence electrons. The van der Waals surface area contributed by atoms with Gasteiger partial charge in [-0.1, -0.05) is 45.0 Å².